The molecule has 0 fully saturated rings. The van der Waals surface area contributed by atoms with E-state index < -0.39 is 11.8 Å². The molecule has 0 unspecified atom stereocenters. The second kappa shape index (κ2) is 5.80. The molecule has 0 aliphatic heterocycles. The number of ether oxygens (including phenoxy) is 1. The van der Waals surface area contributed by atoms with Crippen LogP contribution in [0.15, 0.2) is 12.1 Å². The molecule has 0 heterocycles. The summed E-state index contributed by atoms with van der Waals surface area (Å²) in [5.41, 5.74) is 0.227. The number of phenols is 1. The summed E-state index contributed by atoms with van der Waals surface area (Å²) in [5, 5.41) is 9.51. The van der Waals surface area contributed by atoms with Crippen LogP contribution in [0, 0.1) is 7.14 Å². The number of hydrogen-bond donors (Lipinski definition) is 1. The molecule has 4 nitrogen and oxygen atoms in total. The summed E-state index contributed by atoms with van der Waals surface area (Å²) in [6.45, 7) is 1.80. The fraction of sp³-hybridized carbons (Fsp3) is 0.200. The molecule has 0 aliphatic carbocycles. The third-order valence-corrected chi connectivity index (χ3v) is 3.38. The summed E-state index contributed by atoms with van der Waals surface area (Å²) in [4.78, 5) is 22.8. The Morgan fingerprint density at radius 2 is 1.81 bits per heavy atom. The van der Waals surface area contributed by atoms with Gasteiger partial charge < -0.3 is 9.84 Å². The molecule has 86 valence electrons. The molecule has 0 aromatic heterocycles. The van der Waals surface area contributed by atoms with Crippen molar-refractivity contribution in [1.29, 1.82) is 0 Å². The molecule has 1 N–H and O–H groups in total. The molecule has 6 heteroatoms. The molecule has 1 aromatic rings. The number of halogens is 2. The molecular formula is C10H8I2O4. The summed E-state index contributed by atoms with van der Waals surface area (Å²) < 4.78 is 5.66. The highest BCUT2D eigenvalue weighted by Crippen LogP contribution is 2.27. The molecule has 0 bridgehead atoms. The minimum atomic E-state index is -0.875. The lowest BCUT2D eigenvalue weighted by molar-refractivity contribution is -0.137. The van der Waals surface area contributed by atoms with Gasteiger partial charge >= 0.3 is 5.97 Å². The zero-order chi connectivity index (χ0) is 12.3. The van der Waals surface area contributed by atoms with Crippen molar-refractivity contribution in [3.8, 4) is 5.75 Å². The number of ketones is 1. The Balaban J connectivity index is 3.06. The minimum absolute atomic E-state index is 0.113. The smallest absolute Gasteiger partial charge is 0.379 e. The van der Waals surface area contributed by atoms with Crippen LogP contribution < -0.4 is 0 Å². The molecule has 0 saturated carbocycles. The lowest BCUT2D eigenvalue weighted by Gasteiger charge is -2.04. The number of benzene rings is 1. The van der Waals surface area contributed by atoms with Gasteiger partial charge in [-0.25, -0.2) is 4.79 Å². The van der Waals surface area contributed by atoms with E-state index in [-0.39, 0.29) is 17.9 Å². The molecule has 0 spiro atoms. The van der Waals surface area contributed by atoms with E-state index >= 15 is 0 Å². The Morgan fingerprint density at radius 3 is 2.25 bits per heavy atom. The standard InChI is InChI=1S/C10H8I2O4/c1-2-16-10(15)8(13)5-3-6(11)9(14)7(12)4-5/h3-4,14H,2H2,1H3. The van der Waals surface area contributed by atoms with Crippen LogP contribution in [0.5, 0.6) is 5.75 Å². The van der Waals surface area contributed by atoms with Crippen molar-refractivity contribution in [3.63, 3.8) is 0 Å². The van der Waals surface area contributed by atoms with Crippen LogP contribution in [-0.4, -0.2) is 23.5 Å². The third-order valence-electron chi connectivity index (χ3n) is 1.74. The summed E-state index contributed by atoms with van der Waals surface area (Å²) in [5.74, 6) is -1.46. The maximum atomic E-state index is 11.6. The van der Waals surface area contributed by atoms with E-state index in [0.717, 1.165) is 0 Å². The van der Waals surface area contributed by atoms with Crippen LogP contribution in [0.25, 0.3) is 0 Å². The van der Waals surface area contributed by atoms with Gasteiger partial charge in [0.05, 0.1) is 13.7 Å². The summed E-state index contributed by atoms with van der Waals surface area (Å²) in [7, 11) is 0. The number of phenolic OH excluding ortho intramolecular Hbond substituents is 1. The van der Waals surface area contributed by atoms with Crippen molar-refractivity contribution < 1.29 is 19.4 Å². The lowest BCUT2D eigenvalue weighted by atomic mass is 10.1. The minimum Gasteiger partial charge on any atom is -0.506 e. The van der Waals surface area contributed by atoms with E-state index in [1.54, 1.807) is 6.92 Å². The molecule has 0 atom stereocenters. The van der Waals surface area contributed by atoms with Gasteiger partial charge in [-0.2, -0.15) is 0 Å². The molecule has 0 aliphatic rings. The first-order valence-electron chi connectivity index (χ1n) is 4.36. The van der Waals surface area contributed by atoms with E-state index in [1.165, 1.54) is 12.1 Å². The average molecular weight is 446 g/mol. The monoisotopic (exact) mass is 446 g/mol. The van der Waals surface area contributed by atoms with Gasteiger partial charge in [-0.15, -0.1) is 0 Å². The molecule has 1 rings (SSSR count). The zero-order valence-corrected chi connectivity index (χ0v) is 12.6. The number of rotatable bonds is 3. The van der Waals surface area contributed by atoms with Gasteiger partial charge in [-0.3, -0.25) is 4.79 Å². The SMILES string of the molecule is CCOC(=O)C(=O)c1cc(I)c(O)c(I)c1. The van der Waals surface area contributed by atoms with Crippen molar-refractivity contribution in [2.24, 2.45) is 0 Å². The fourth-order valence-electron chi connectivity index (χ4n) is 1.01. The maximum Gasteiger partial charge on any atom is 0.379 e. The largest absolute Gasteiger partial charge is 0.506 e. The topological polar surface area (TPSA) is 63.6 Å². The second-order valence-electron chi connectivity index (χ2n) is 2.84. The Morgan fingerprint density at radius 1 is 1.31 bits per heavy atom. The van der Waals surface area contributed by atoms with Crippen LogP contribution in [0.4, 0.5) is 0 Å². The highest BCUT2D eigenvalue weighted by atomic mass is 127. The number of aromatic hydroxyl groups is 1. The van der Waals surface area contributed by atoms with Crippen molar-refractivity contribution in [2.45, 2.75) is 6.92 Å². The molecule has 0 radical (unpaired) electrons. The van der Waals surface area contributed by atoms with Crippen LogP contribution in [-0.2, 0) is 9.53 Å². The second-order valence-corrected chi connectivity index (χ2v) is 5.16. The Kier molecular flexibility index (Phi) is 4.96. The first-order valence-corrected chi connectivity index (χ1v) is 6.52. The Labute approximate surface area is 120 Å². The average Bonchev–Trinajstić information content (AvgIpc) is 2.24. The molecular weight excluding hydrogens is 438 g/mol. The predicted octanol–water partition coefficient (Wildman–Crippen LogP) is 2.35. The normalized spacial score (nSPS) is 9.94. The van der Waals surface area contributed by atoms with Gasteiger partial charge in [0.15, 0.2) is 0 Å². The van der Waals surface area contributed by atoms with E-state index in [2.05, 4.69) is 4.74 Å². The van der Waals surface area contributed by atoms with E-state index in [0.29, 0.717) is 7.14 Å². The van der Waals surface area contributed by atoms with Gasteiger partial charge in [-0.05, 0) is 64.2 Å². The van der Waals surface area contributed by atoms with Gasteiger partial charge in [0.2, 0.25) is 0 Å². The van der Waals surface area contributed by atoms with Crippen molar-refractivity contribution >= 4 is 56.9 Å². The highest BCUT2D eigenvalue weighted by molar-refractivity contribution is 14.1. The van der Waals surface area contributed by atoms with Gasteiger partial charge in [0.25, 0.3) is 5.78 Å². The maximum absolute atomic E-state index is 11.6. The Bertz CT molecular complexity index is 419. The van der Waals surface area contributed by atoms with Crippen LogP contribution >= 0.6 is 45.2 Å². The Hall–Kier alpha value is -0.380. The number of hydrogen-bond acceptors (Lipinski definition) is 4. The van der Waals surface area contributed by atoms with Crippen molar-refractivity contribution in [3.05, 3.63) is 24.8 Å². The fourth-order valence-corrected chi connectivity index (χ4v) is 2.78. The molecule has 0 saturated heterocycles. The zero-order valence-electron chi connectivity index (χ0n) is 8.29. The van der Waals surface area contributed by atoms with Crippen LogP contribution in [0.1, 0.15) is 17.3 Å². The van der Waals surface area contributed by atoms with Crippen LogP contribution in [0.3, 0.4) is 0 Å². The van der Waals surface area contributed by atoms with E-state index in [1.807, 2.05) is 45.2 Å². The number of esters is 1. The number of carbonyl (C=O) groups is 2. The van der Waals surface area contributed by atoms with Gasteiger partial charge in [0, 0.05) is 5.56 Å². The third kappa shape index (κ3) is 3.06. The predicted molar refractivity (Wildman–Crippen MR) is 74.5 cm³/mol. The quantitative estimate of drug-likeness (QED) is 0.336. The summed E-state index contributed by atoms with van der Waals surface area (Å²) in [6.07, 6.45) is 0. The number of carbonyl (C=O) groups excluding carboxylic acids is 2. The van der Waals surface area contributed by atoms with E-state index in [9.17, 15) is 14.7 Å². The highest BCUT2D eigenvalue weighted by Gasteiger charge is 2.19. The lowest BCUT2D eigenvalue weighted by Crippen LogP contribution is -2.17. The first-order chi connectivity index (χ1) is 7.47. The summed E-state index contributed by atoms with van der Waals surface area (Å²) in [6, 6.07) is 2.91. The first kappa shape index (κ1) is 13.7. The molecule has 16 heavy (non-hydrogen) atoms. The van der Waals surface area contributed by atoms with Crippen molar-refractivity contribution in [1.82, 2.24) is 0 Å². The van der Waals surface area contributed by atoms with Gasteiger partial charge in [-0.1, -0.05) is 0 Å². The van der Waals surface area contributed by atoms with Crippen LogP contribution in [0.2, 0.25) is 0 Å². The molecule has 0 amide bonds. The van der Waals surface area contributed by atoms with Crippen molar-refractivity contribution in [2.75, 3.05) is 6.61 Å². The molecule has 1 aromatic carbocycles. The summed E-state index contributed by atoms with van der Waals surface area (Å²) >= 11 is 3.79. The number of Topliss-reactive ketones (excluding diaryl/α,β-unsaturated/α-hetero) is 1. The van der Waals surface area contributed by atoms with Gasteiger partial charge in [0.1, 0.15) is 5.75 Å². The van der Waals surface area contributed by atoms with E-state index in [4.69, 9.17) is 0 Å².